The highest BCUT2D eigenvalue weighted by Gasteiger charge is 2.15. The number of anilines is 2. The van der Waals surface area contributed by atoms with Crippen LogP contribution in [0.3, 0.4) is 0 Å². The van der Waals surface area contributed by atoms with Crippen LogP contribution < -0.4 is 10.6 Å². The van der Waals surface area contributed by atoms with Gasteiger partial charge in [-0.3, -0.25) is 10.1 Å². The van der Waals surface area contributed by atoms with Gasteiger partial charge in [-0.25, -0.2) is 13.8 Å². The van der Waals surface area contributed by atoms with E-state index in [1.807, 2.05) is 0 Å². The normalized spacial score (nSPS) is 10.1. The molecule has 1 amide bonds. The van der Waals surface area contributed by atoms with Gasteiger partial charge in [0, 0.05) is 12.6 Å². The van der Waals surface area contributed by atoms with E-state index >= 15 is 0 Å². The quantitative estimate of drug-likeness (QED) is 0.877. The summed E-state index contributed by atoms with van der Waals surface area (Å²) in [7, 11) is 1.38. The van der Waals surface area contributed by atoms with Crippen molar-refractivity contribution in [2.45, 2.75) is 0 Å². The monoisotopic (exact) mass is 265 g/mol. The number of amides is 1. The van der Waals surface area contributed by atoms with E-state index in [1.165, 1.54) is 19.4 Å². The average Bonchev–Trinajstić information content (AvgIpc) is 2.39. The summed E-state index contributed by atoms with van der Waals surface area (Å²) >= 11 is 0. The Kier molecular flexibility index (Phi) is 3.60. The van der Waals surface area contributed by atoms with E-state index in [0.717, 1.165) is 12.1 Å². The van der Waals surface area contributed by atoms with Gasteiger partial charge in [-0.2, -0.15) is 5.10 Å². The van der Waals surface area contributed by atoms with Crippen LogP contribution in [0.1, 0.15) is 10.4 Å². The molecule has 2 rings (SSSR count). The van der Waals surface area contributed by atoms with Crippen molar-refractivity contribution in [1.82, 2.24) is 15.2 Å². The molecule has 0 bridgehead atoms. The van der Waals surface area contributed by atoms with Crippen molar-refractivity contribution in [2.75, 3.05) is 17.7 Å². The van der Waals surface area contributed by atoms with Crippen LogP contribution in [0.2, 0.25) is 0 Å². The maximum atomic E-state index is 13.5. The first-order chi connectivity index (χ1) is 9.11. The predicted molar refractivity (Wildman–Crippen MR) is 63.7 cm³/mol. The lowest BCUT2D eigenvalue weighted by Gasteiger charge is -2.07. The Morgan fingerprint density at radius 2 is 1.89 bits per heavy atom. The van der Waals surface area contributed by atoms with Crippen LogP contribution >= 0.6 is 0 Å². The molecule has 2 N–H and O–H groups in total. The van der Waals surface area contributed by atoms with Crippen LogP contribution in [0.15, 0.2) is 24.5 Å². The fourth-order valence-corrected chi connectivity index (χ4v) is 1.42. The van der Waals surface area contributed by atoms with Crippen molar-refractivity contribution in [3.63, 3.8) is 0 Å². The minimum atomic E-state index is -0.861. The zero-order chi connectivity index (χ0) is 13.8. The molecule has 0 radical (unpaired) electrons. The van der Waals surface area contributed by atoms with Crippen LogP contribution in [0.5, 0.6) is 0 Å². The topological polar surface area (TPSA) is 79.8 Å². The summed E-state index contributed by atoms with van der Waals surface area (Å²) in [6.07, 6.45) is 2.66. The van der Waals surface area contributed by atoms with E-state index in [-0.39, 0.29) is 17.2 Å². The summed E-state index contributed by atoms with van der Waals surface area (Å²) in [4.78, 5) is 15.5. The average molecular weight is 265 g/mol. The van der Waals surface area contributed by atoms with Gasteiger partial charge in [0.1, 0.15) is 17.3 Å². The molecule has 0 aliphatic heterocycles. The highest BCUT2D eigenvalue weighted by molar-refractivity contribution is 6.03. The number of aromatic nitrogens is 3. The van der Waals surface area contributed by atoms with Gasteiger partial charge in [0.2, 0.25) is 5.95 Å². The molecular formula is C11H9F2N5O. The Balaban J connectivity index is 2.25. The first kappa shape index (κ1) is 12.8. The van der Waals surface area contributed by atoms with Gasteiger partial charge in [0.05, 0.1) is 12.4 Å². The Bertz CT molecular complexity index is 582. The van der Waals surface area contributed by atoms with Crippen LogP contribution in [-0.4, -0.2) is 28.1 Å². The fraction of sp³-hybridized carbons (Fsp3) is 0.0909. The molecule has 2 aromatic rings. The molecule has 0 spiro atoms. The highest BCUT2D eigenvalue weighted by atomic mass is 19.1. The van der Waals surface area contributed by atoms with Gasteiger partial charge < -0.3 is 5.32 Å². The van der Waals surface area contributed by atoms with Crippen LogP contribution in [0.25, 0.3) is 0 Å². The van der Waals surface area contributed by atoms with Gasteiger partial charge in [-0.05, 0) is 12.1 Å². The molecule has 19 heavy (non-hydrogen) atoms. The third-order valence-corrected chi connectivity index (χ3v) is 2.26. The molecule has 1 aromatic carbocycles. The first-order valence-corrected chi connectivity index (χ1v) is 5.23. The number of halogens is 2. The minimum absolute atomic E-state index is 0.0500. The van der Waals surface area contributed by atoms with E-state index in [9.17, 15) is 13.6 Å². The first-order valence-electron chi connectivity index (χ1n) is 5.23. The number of nitrogens with zero attached hydrogens (tertiary/aromatic N) is 3. The van der Waals surface area contributed by atoms with Crippen molar-refractivity contribution in [1.29, 1.82) is 0 Å². The predicted octanol–water partition coefficient (Wildman–Crippen LogP) is 1.44. The Hall–Kier alpha value is -2.64. The maximum absolute atomic E-state index is 13.5. The van der Waals surface area contributed by atoms with E-state index in [0.29, 0.717) is 0 Å². The standard InChI is InChI=1S/C11H9F2N5O/c1-14-9-7(12)4-6(5-8(9)13)10(19)17-11-15-2-3-16-18-11/h2-5,14H,1H3,(H,15,17,18,19). The smallest absolute Gasteiger partial charge is 0.258 e. The second-order valence-electron chi connectivity index (χ2n) is 3.49. The van der Waals surface area contributed by atoms with Crippen molar-refractivity contribution in [3.8, 4) is 0 Å². The van der Waals surface area contributed by atoms with Crippen LogP contribution in [0.4, 0.5) is 20.4 Å². The molecule has 0 aliphatic rings. The second kappa shape index (κ2) is 5.34. The third-order valence-electron chi connectivity index (χ3n) is 2.26. The minimum Gasteiger partial charge on any atom is -0.383 e. The molecule has 0 atom stereocenters. The summed E-state index contributed by atoms with van der Waals surface area (Å²) < 4.78 is 27.0. The van der Waals surface area contributed by atoms with E-state index in [1.54, 1.807) is 0 Å². The maximum Gasteiger partial charge on any atom is 0.258 e. The molecule has 1 heterocycles. The number of rotatable bonds is 3. The van der Waals surface area contributed by atoms with Crippen LogP contribution in [-0.2, 0) is 0 Å². The molecule has 1 aromatic heterocycles. The number of hydrogen-bond acceptors (Lipinski definition) is 5. The lowest BCUT2D eigenvalue weighted by atomic mass is 10.1. The SMILES string of the molecule is CNc1c(F)cc(C(=O)Nc2nccnn2)cc1F. The molecule has 0 fully saturated rings. The molecule has 0 saturated heterocycles. The second-order valence-corrected chi connectivity index (χ2v) is 3.49. The largest absolute Gasteiger partial charge is 0.383 e. The van der Waals surface area contributed by atoms with Crippen LogP contribution in [0, 0.1) is 11.6 Å². The molecule has 0 saturated carbocycles. The van der Waals surface area contributed by atoms with Gasteiger partial charge in [0.15, 0.2) is 0 Å². The summed E-state index contributed by atoms with van der Waals surface area (Å²) in [6, 6.07) is 1.83. The molecule has 0 unspecified atom stereocenters. The molecule has 6 nitrogen and oxygen atoms in total. The number of carbonyl (C=O) groups excluding carboxylic acids is 1. The summed E-state index contributed by atoms with van der Waals surface area (Å²) in [5, 5.41) is 11.7. The Morgan fingerprint density at radius 3 is 2.42 bits per heavy atom. The summed E-state index contributed by atoms with van der Waals surface area (Å²) in [5.41, 5.74) is -0.476. The lowest BCUT2D eigenvalue weighted by molar-refractivity contribution is 0.102. The Morgan fingerprint density at radius 1 is 1.21 bits per heavy atom. The zero-order valence-electron chi connectivity index (χ0n) is 9.82. The molecular weight excluding hydrogens is 256 g/mol. The van der Waals surface area contributed by atoms with Crippen molar-refractivity contribution < 1.29 is 13.6 Å². The zero-order valence-corrected chi connectivity index (χ0v) is 9.82. The summed E-state index contributed by atoms with van der Waals surface area (Å²) in [5.74, 6) is -2.50. The van der Waals surface area contributed by atoms with Crippen molar-refractivity contribution >= 4 is 17.5 Å². The van der Waals surface area contributed by atoms with E-state index < -0.39 is 17.5 Å². The number of carbonyl (C=O) groups is 1. The van der Waals surface area contributed by atoms with Gasteiger partial charge in [0.25, 0.3) is 5.91 Å². The fourth-order valence-electron chi connectivity index (χ4n) is 1.42. The number of nitrogens with one attached hydrogen (secondary N) is 2. The molecule has 98 valence electrons. The number of benzene rings is 1. The van der Waals surface area contributed by atoms with Crippen molar-refractivity contribution in [3.05, 3.63) is 41.7 Å². The van der Waals surface area contributed by atoms with E-state index in [4.69, 9.17) is 0 Å². The van der Waals surface area contributed by atoms with Gasteiger partial charge in [-0.15, -0.1) is 5.10 Å². The third kappa shape index (κ3) is 2.79. The summed E-state index contributed by atoms with van der Waals surface area (Å²) in [6.45, 7) is 0. The molecule has 8 heteroatoms. The Labute approximate surface area is 106 Å². The van der Waals surface area contributed by atoms with Crippen molar-refractivity contribution in [2.24, 2.45) is 0 Å². The van der Waals surface area contributed by atoms with Gasteiger partial charge in [-0.1, -0.05) is 0 Å². The van der Waals surface area contributed by atoms with Gasteiger partial charge >= 0.3 is 0 Å². The molecule has 0 aliphatic carbocycles. The lowest BCUT2D eigenvalue weighted by Crippen LogP contribution is -2.15. The highest BCUT2D eigenvalue weighted by Crippen LogP contribution is 2.20. The number of hydrogen-bond donors (Lipinski definition) is 2. The van der Waals surface area contributed by atoms with E-state index in [2.05, 4.69) is 25.8 Å².